The van der Waals surface area contributed by atoms with Gasteiger partial charge < -0.3 is 14.8 Å². The Morgan fingerprint density at radius 2 is 1.65 bits per heavy atom. The highest BCUT2D eigenvalue weighted by molar-refractivity contribution is 7.89. The van der Waals surface area contributed by atoms with Crippen molar-refractivity contribution < 1.29 is 27.5 Å². The predicted molar refractivity (Wildman–Crippen MR) is 118 cm³/mol. The fourth-order valence-electron chi connectivity index (χ4n) is 2.71. The molecular formula is C22H28N2O6S. The number of nitrogens with zero attached hydrogens (tertiary/aromatic N) is 1. The van der Waals surface area contributed by atoms with Crippen molar-refractivity contribution >= 4 is 27.6 Å². The maximum absolute atomic E-state index is 12.8. The molecule has 1 amide bonds. The van der Waals surface area contributed by atoms with Gasteiger partial charge >= 0.3 is 5.97 Å². The van der Waals surface area contributed by atoms with Crippen LogP contribution < -0.4 is 10.1 Å². The molecule has 31 heavy (non-hydrogen) atoms. The van der Waals surface area contributed by atoms with Crippen LogP contribution in [0.15, 0.2) is 53.4 Å². The van der Waals surface area contributed by atoms with E-state index in [1.165, 1.54) is 19.2 Å². The van der Waals surface area contributed by atoms with Crippen LogP contribution in [0.25, 0.3) is 0 Å². The van der Waals surface area contributed by atoms with E-state index in [-0.39, 0.29) is 18.0 Å². The first-order valence-corrected chi connectivity index (χ1v) is 11.5. The Hall–Kier alpha value is -2.91. The summed E-state index contributed by atoms with van der Waals surface area (Å²) in [6.07, 6.45) is 1.73. The summed E-state index contributed by atoms with van der Waals surface area (Å²) < 4.78 is 36.9. The predicted octanol–water partition coefficient (Wildman–Crippen LogP) is 3.30. The van der Waals surface area contributed by atoms with Crippen LogP contribution in [0, 0.1) is 0 Å². The first kappa shape index (κ1) is 24.4. The topological polar surface area (TPSA) is 102 Å². The number of hydrogen-bond acceptors (Lipinski definition) is 6. The fraction of sp³-hybridized carbons (Fsp3) is 0.364. The molecule has 0 heterocycles. The molecule has 2 rings (SSSR count). The number of ether oxygens (including phenoxy) is 2. The smallest absolute Gasteiger partial charge is 0.338 e. The fourth-order valence-corrected chi connectivity index (χ4v) is 4.11. The van der Waals surface area contributed by atoms with E-state index < -0.39 is 21.9 Å². The van der Waals surface area contributed by atoms with Crippen molar-refractivity contribution in [1.82, 2.24) is 4.31 Å². The number of sulfonamides is 1. The number of rotatable bonds is 11. The average Bonchev–Trinajstić information content (AvgIpc) is 2.78. The van der Waals surface area contributed by atoms with E-state index in [1.54, 1.807) is 43.3 Å². The summed E-state index contributed by atoms with van der Waals surface area (Å²) in [4.78, 5) is 24.4. The lowest BCUT2D eigenvalue weighted by Crippen LogP contribution is -2.37. The van der Waals surface area contributed by atoms with Gasteiger partial charge in [0.15, 0.2) is 0 Å². The number of likely N-dealkylation sites (N-methyl/N-ethyl adjacent to an activating group) is 1. The Morgan fingerprint density at radius 3 is 2.19 bits per heavy atom. The molecule has 0 radical (unpaired) electrons. The molecular weight excluding hydrogens is 420 g/mol. The molecule has 0 aromatic heterocycles. The maximum atomic E-state index is 12.8. The summed E-state index contributed by atoms with van der Waals surface area (Å²) in [6.45, 7) is 3.82. The first-order chi connectivity index (χ1) is 14.8. The Bertz CT molecular complexity index is 972. The van der Waals surface area contributed by atoms with Crippen LogP contribution in [0.1, 0.15) is 37.0 Å². The maximum Gasteiger partial charge on any atom is 0.338 e. The lowest BCUT2D eigenvalue weighted by Gasteiger charge is -2.20. The molecule has 1 N–H and O–H groups in total. The highest BCUT2D eigenvalue weighted by Gasteiger charge is 2.25. The highest BCUT2D eigenvalue weighted by atomic mass is 32.2. The Labute approximate surface area is 183 Å². The lowest BCUT2D eigenvalue weighted by molar-refractivity contribution is -0.116. The van der Waals surface area contributed by atoms with Gasteiger partial charge in [0, 0.05) is 12.2 Å². The summed E-state index contributed by atoms with van der Waals surface area (Å²) in [7, 11) is -2.34. The molecule has 0 spiro atoms. The van der Waals surface area contributed by atoms with E-state index in [9.17, 15) is 18.0 Å². The molecule has 2 aromatic carbocycles. The van der Waals surface area contributed by atoms with Gasteiger partial charge in [-0.3, -0.25) is 4.79 Å². The van der Waals surface area contributed by atoms with Crippen molar-refractivity contribution in [2.24, 2.45) is 0 Å². The van der Waals surface area contributed by atoms with Crippen LogP contribution in [0.5, 0.6) is 5.75 Å². The molecule has 0 unspecified atom stereocenters. The molecule has 0 bridgehead atoms. The number of amides is 1. The van der Waals surface area contributed by atoms with E-state index in [4.69, 9.17) is 9.47 Å². The SMILES string of the molecule is CCCCOC(=O)c1ccc(NC(=O)CN(CC)S(=O)(=O)c2ccc(OC)cc2)cc1. The number of hydrogen-bond donors (Lipinski definition) is 1. The minimum atomic E-state index is -3.84. The Kier molecular flexibility index (Phi) is 9.02. The Balaban J connectivity index is 2.00. The van der Waals surface area contributed by atoms with Gasteiger partial charge in [-0.15, -0.1) is 0 Å². The summed E-state index contributed by atoms with van der Waals surface area (Å²) in [6, 6.07) is 12.2. The van der Waals surface area contributed by atoms with E-state index in [0.29, 0.717) is 23.6 Å². The zero-order valence-electron chi connectivity index (χ0n) is 18.0. The number of nitrogens with one attached hydrogen (secondary N) is 1. The number of esters is 1. The van der Waals surface area contributed by atoms with E-state index in [1.807, 2.05) is 6.92 Å². The molecule has 168 valence electrons. The number of anilines is 1. The normalized spacial score (nSPS) is 11.2. The van der Waals surface area contributed by atoms with Crippen molar-refractivity contribution in [3.63, 3.8) is 0 Å². The van der Waals surface area contributed by atoms with Gasteiger partial charge in [-0.2, -0.15) is 4.31 Å². The average molecular weight is 449 g/mol. The third kappa shape index (κ3) is 6.80. The third-order valence-electron chi connectivity index (χ3n) is 4.51. The number of carbonyl (C=O) groups excluding carboxylic acids is 2. The zero-order valence-corrected chi connectivity index (χ0v) is 18.8. The quantitative estimate of drug-likeness (QED) is 0.418. The summed E-state index contributed by atoms with van der Waals surface area (Å²) >= 11 is 0. The molecule has 0 aliphatic heterocycles. The number of carbonyl (C=O) groups is 2. The summed E-state index contributed by atoms with van der Waals surface area (Å²) in [5.41, 5.74) is 0.833. The minimum absolute atomic E-state index is 0.0777. The summed E-state index contributed by atoms with van der Waals surface area (Å²) in [5, 5.41) is 2.65. The van der Waals surface area contributed by atoms with Crippen molar-refractivity contribution in [2.45, 2.75) is 31.6 Å². The van der Waals surface area contributed by atoms with Gasteiger partial charge in [-0.25, -0.2) is 13.2 Å². The van der Waals surface area contributed by atoms with Crippen molar-refractivity contribution in [1.29, 1.82) is 0 Å². The van der Waals surface area contributed by atoms with Gasteiger partial charge in [0.25, 0.3) is 0 Å². The molecule has 0 saturated carbocycles. The second-order valence-electron chi connectivity index (χ2n) is 6.72. The molecule has 0 atom stereocenters. The first-order valence-electron chi connectivity index (χ1n) is 10.0. The minimum Gasteiger partial charge on any atom is -0.497 e. The lowest BCUT2D eigenvalue weighted by atomic mass is 10.2. The molecule has 2 aromatic rings. The van der Waals surface area contributed by atoms with Gasteiger partial charge in [0.1, 0.15) is 5.75 Å². The molecule has 0 aliphatic carbocycles. The molecule has 0 saturated heterocycles. The molecule has 9 heteroatoms. The largest absolute Gasteiger partial charge is 0.497 e. The third-order valence-corrected chi connectivity index (χ3v) is 6.44. The van der Waals surface area contributed by atoms with Gasteiger partial charge in [-0.05, 0) is 55.0 Å². The Morgan fingerprint density at radius 1 is 1.00 bits per heavy atom. The van der Waals surface area contributed by atoms with E-state index in [0.717, 1.165) is 17.1 Å². The van der Waals surface area contributed by atoms with Crippen LogP contribution in [0.2, 0.25) is 0 Å². The van der Waals surface area contributed by atoms with Gasteiger partial charge in [-0.1, -0.05) is 20.3 Å². The molecule has 8 nitrogen and oxygen atoms in total. The number of benzene rings is 2. The van der Waals surface area contributed by atoms with Crippen molar-refractivity contribution in [2.75, 3.05) is 32.1 Å². The number of unbranched alkanes of at least 4 members (excludes halogenated alkanes) is 1. The van der Waals surface area contributed by atoms with Crippen LogP contribution in [0.3, 0.4) is 0 Å². The molecule has 0 aliphatic rings. The monoisotopic (exact) mass is 448 g/mol. The van der Waals surface area contributed by atoms with Crippen molar-refractivity contribution in [3.05, 3.63) is 54.1 Å². The second-order valence-corrected chi connectivity index (χ2v) is 8.66. The van der Waals surface area contributed by atoms with Gasteiger partial charge in [0.05, 0.1) is 30.7 Å². The van der Waals surface area contributed by atoms with E-state index >= 15 is 0 Å². The van der Waals surface area contributed by atoms with Crippen LogP contribution in [-0.4, -0.2) is 51.4 Å². The molecule has 0 fully saturated rings. The van der Waals surface area contributed by atoms with Crippen LogP contribution in [-0.2, 0) is 19.6 Å². The summed E-state index contributed by atoms with van der Waals surface area (Å²) in [5.74, 6) is -0.372. The number of methoxy groups -OCH3 is 1. The standard InChI is InChI=1S/C22H28N2O6S/c1-4-6-15-30-22(26)17-7-9-18(10-8-17)23-21(25)16-24(5-2)31(27,28)20-13-11-19(29-3)12-14-20/h7-14H,4-6,15-16H2,1-3H3,(H,23,25). The van der Waals surface area contributed by atoms with Gasteiger partial charge in [0.2, 0.25) is 15.9 Å². The second kappa shape index (κ2) is 11.5. The van der Waals surface area contributed by atoms with Crippen LogP contribution >= 0.6 is 0 Å². The highest BCUT2D eigenvalue weighted by Crippen LogP contribution is 2.19. The van der Waals surface area contributed by atoms with Crippen LogP contribution in [0.4, 0.5) is 5.69 Å². The van der Waals surface area contributed by atoms with E-state index in [2.05, 4.69) is 5.32 Å². The zero-order chi connectivity index (χ0) is 22.9. The van der Waals surface area contributed by atoms with Crippen molar-refractivity contribution in [3.8, 4) is 5.75 Å².